The minimum atomic E-state index is -0.481. The Bertz CT molecular complexity index is 625. The number of benzene rings is 1. The number of rotatable bonds is 3. The van der Waals surface area contributed by atoms with Gasteiger partial charge in [0.25, 0.3) is 0 Å². The summed E-state index contributed by atoms with van der Waals surface area (Å²) in [5, 5.41) is 6.74. The van der Waals surface area contributed by atoms with Crippen molar-refractivity contribution in [3.8, 4) is 0 Å². The second kappa shape index (κ2) is 6.16. The fraction of sp³-hybridized carbons (Fsp3) is 0.556. The lowest BCUT2D eigenvalue weighted by atomic mass is 9.58. The number of halogens is 1. The fourth-order valence-corrected chi connectivity index (χ4v) is 4.13. The van der Waals surface area contributed by atoms with E-state index in [4.69, 9.17) is 11.6 Å². The monoisotopic (exact) mass is 334 g/mol. The summed E-state index contributed by atoms with van der Waals surface area (Å²) in [4.78, 5) is 24.5. The Balaban J connectivity index is 1.79. The van der Waals surface area contributed by atoms with Gasteiger partial charge in [-0.2, -0.15) is 0 Å². The molecule has 1 saturated heterocycles. The summed E-state index contributed by atoms with van der Waals surface area (Å²) in [6.07, 6.45) is 2.84. The van der Waals surface area contributed by atoms with Gasteiger partial charge in [-0.25, -0.2) is 0 Å². The summed E-state index contributed by atoms with van der Waals surface area (Å²) in [6, 6.07) is 7.58. The van der Waals surface area contributed by atoms with Crippen LogP contribution in [0.2, 0.25) is 5.02 Å². The van der Waals surface area contributed by atoms with Crippen LogP contribution in [-0.2, 0) is 15.0 Å². The third-order valence-electron chi connectivity index (χ3n) is 5.20. The van der Waals surface area contributed by atoms with Crippen LogP contribution >= 0.6 is 11.6 Å². The Kier molecular flexibility index (Phi) is 4.37. The Morgan fingerprint density at radius 2 is 2.09 bits per heavy atom. The van der Waals surface area contributed by atoms with E-state index >= 15 is 0 Å². The first kappa shape index (κ1) is 16.3. The highest BCUT2D eigenvalue weighted by Crippen LogP contribution is 2.48. The summed E-state index contributed by atoms with van der Waals surface area (Å²) >= 11 is 6.12. The molecule has 2 unspecified atom stereocenters. The Hall–Kier alpha value is -1.55. The molecule has 2 fully saturated rings. The van der Waals surface area contributed by atoms with Gasteiger partial charge in [0, 0.05) is 23.5 Å². The molecule has 2 aliphatic rings. The number of carbonyl (C=O) groups is 2. The lowest BCUT2D eigenvalue weighted by molar-refractivity contribution is -0.134. The largest absolute Gasteiger partial charge is 0.352 e. The van der Waals surface area contributed by atoms with E-state index in [0.717, 1.165) is 18.4 Å². The lowest BCUT2D eigenvalue weighted by Gasteiger charge is -2.46. The van der Waals surface area contributed by atoms with Crippen LogP contribution in [0.1, 0.15) is 45.1 Å². The maximum atomic E-state index is 13.0. The van der Waals surface area contributed by atoms with Crippen LogP contribution in [0.3, 0.4) is 0 Å². The molecule has 2 amide bonds. The molecule has 2 atom stereocenters. The van der Waals surface area contributed by atoms with Gasteiger partial charge in [-0.3, -0.25) is 9.59 Å². The topological polar surface area (TPSA) is 58.2 Å². The molecule has 1 saturated carbocycles. The molecular formula is C18H23ClN2O2. The van der Waals surface area contributed by atoms with E-state index in [1.165, 1.54) is 0 Å². The van der Waals surface area contributed by atoms with Crippen LogP contribution in [0.25, 0.3) is 0 Å². The van der Waals surface area contributed by atoms with Crippen molar-refractivity contribution in [3.63, 3.8) is 0 Å². The predicted octanol–water partition coefficient (Wildman–Crippen LogP) is 2.79. The van der Waals surface area contributed by atoms with Gasteiger partial charge in [-0.1, -0.05) is 30.7 Å². The molecule has 1 heterocycles. The molecule has 0 bridgehead atoms. The maximum absolute atomic E-state index is 13.0. The smallest absolute Gasteiger partial charge is 0.230 e. The van der Waals surface area contributed by atoms with Crippen LogP contribution in [0.5, 0.6) is 0 Å². The highest BCUT2D eigenvalue weighted by Gasteiger charge is 2.50. The number of carbonyl (C=O) groups excluding carboxylic acids is 2. The molecule has 2 N–H and O–H groups in total. The second-order valence-corrected chi connectivity index (χ2v) is 7.52. The normalized spacial score (nSPS) is 33.5. The molecule has 3 rings (SSSR count). The van der Waals surface area contributed by atoms with Crippen molar-refractivity contribution in [2.45, 2.75) is 57.0 Å². The van der Waals surface area contributed by atoms with E-state index in [2.05, 4.69) is 17.6 Å². The van der Waals surface area contributed by atoms with Crippen LogP contribution in [-0.4, -0.2) is 23.9 Å². The van der Waals surface area contributed by atoms with Crippen molar-refractivity contribution < 1.29 is 9.59 Å². The highest BCUT2D eigenvalue weighted by atomic mass is 35.5. The predicted molar refractivity (Wildman–Crippen MR) is 90.3 cm³/mol. The van der Waals surface area contributed by atoms with Crippen LogP contribution in [0.15, 0.2) is 24.3 Å². The molecule has 23 heavy (non-hydrogen) atoms. The van der Waals surface area contributed by atoms with Crippen LogP contribution in [0, 0.1) is 5.92 Å². The van der Waals surface area contributed by atoms with E-state index < -0.39 is 5.41 Å². The number of hydrogen-bond acceptors (Lipinski definition) is 2. The Labute approximate surface area is 142 Å². The second-order valence-electron chi connectivity index (χ2n) is 7.08. The summed E-state index contributed by atoms with van der Waals surface area (Å²) < 4.78 is 0. The minimum Gasteiger partial charge on any atom is -0.352 e. The lowest BCUT2D eigenvalue weighted by Crippen LogP contribution is -2.60. The van der Waals surface area contributed by atoms with Gasteiger partial charge in [-0.05, 0) is 49.8 Å². The Morgan fingerprint density at radius 3 is 2.70 bits per heavy atom. The van der Waals surface area contributed by atoms with E-state index in [0.29, 0.717) is 23.8 Å². The van der Waals surface area contributed by atoms with Crippen molar-refractivity contribution in [2.24, 2.45) is 5.92 Å². The fourth-order valence-electron chi connectivity index (χ4n) is 3.94. The molecule has 0 radical (unpaired) electrons. The molecule has 1 aliphatic carbocycles. The summed E-state index contributed by atoms with van der Waals surface area (Å²) in [7, 11) is 0. The quantitative estimate of drug-likeness (QED) is 0.893. The summed E-state index contributed by atoms with van der Waals surface area (Å²) in [5.41, 5.74) is 0.513. The SMILES string of the molecule is CC1CC(C(=O)NC2CCC(=O)NC2C)(c2cccc(Cl)c2)C1. The number of amides is 2. The molecule has 1 aromatic rings. The average molecular weight is 335 g/mol. The number of hydrogen-bond donors (Lipinski definition) is 2. The minimum absolute atomic E-state index is 0.00725. The molecule has 1 aliphatic heterocycles. The first-order valence-corrected chi connectivity index (χ1v) is 8.65. The van der Waals surface area contributed by atoms with E-state index in [-0.39, 0.29) is 23.9 Å². The van der Waals surface area contributed by atoms with Gasteiger partial charge >= 0.3 is 0 Å². The molecule has 4 nitrogen and oxygen atoms in total. The third-order valence-corrected chi connectivity index (χ3v) is 5.43. The zero-order valence-corrected chi connectivity index (χ0v) is 14.3. The molecule has 124 valence electrons. The van der Waals surface area contributed by atoms with Gasteiger partial charge in [0.1, 0.15) is 0 Å². The molecular weight excluding hydrogens is 312 g/mol. The van der Waals surface area contributed by atoms with E-state index in [1.807, 2.05) is 31.2 Å². The van der Waals surface area contributed by atoms with E-state index in [9.17, 15) is 9.59 Å². The van der Waals surface area contributed by atoms with Crippen molar-refractivity contribution in [1.29, 1.82) is 0 Å². The van der Waals surface area contributed by atoms with Crippen LogP contribution in [0.4, 0.5) is 0 Å². The van der Waals surface area contributed by atoms with Gasteiger partial charge in [0.05, 0.1) is 5.41 Å². The highest BCUT2D eigenvalue weighted by molar-refractivity contribution is 6.30. The maximum Gasteiger partial charge on any atom is 0.230 e. The molecule has 0 spiro atoms. The first-order valence-electron chi connectivity index (χ1n) is 8.27. The zero-order valence-electron chi connectivity index (χ0n) is 13.6. The van der Waals surface area contributed by atoms with Crippen molar-refractivity contribution in [2.75, 3.05) is 0 Å². The summed E-state index contributed by atoms with van der Waals surface area (Å²) in [5.74, 6) is 0.652. The molecule has 0 aromatic heterocycles. The van der Waals surface area contributed by atoms with Crippen molar-refractivity contribution >= 4 is 23.4 Å². The summed E-state index contributed by atoms with van der Waals surface area (Å²) in [6.45, 7) is 4.11. The molecule has 5 heteroatoms. The first-order chi connectivity index (χ1) is 10.9. The van der Waals surface area contributed by atoms with Crippen molar-refractivity contribution in [1.82, 2.24) is 10.6 Å². The third kappa shape index (κ3) is 3.09. The van der Waals surface area contributed by atoms with Gasteiger partial charge in [0.2, 0.25) is 11.8 Å². The van der Waals surface area contributed by atoms with Crippen LogP contribution < -0.4 is 10.6 Å². The van der Waals surface area contributed by atoms with E-state index in [1.54, 1.807) is 0 Å². The standard InChI is InChI=1S/C18H23ClN2O2/c1-11-9-18(10-11,13-4-3-5-14(19)8-13)17(23)21-15-6-7-16(22)20-12(15)2/h3-5,8,11-12,15H,6-7,9-10H2,1-2H3,(H,20,22)(H,21,23). The Morgan fingerprint density at radius 1 is 1.35 bits per heavy atom. The zero-order chi connectivity index (χ0) is 16.6. The van der Waals surface area contributed by atoms with Gasteiger partial charge in [-0.15, -0.1) is 0 Å². The average Bonchev–Trinajstić information content (AvgIpc) is 2.46. The van der Waals surface area contributed by atoms with Gasteiger partial charge in [0.15, 0.2) is 0 Å². The number of nitrogens with one attached hydrogen (secondary N) is 2. The molecule has 1 aromatic carbocycles. The van der Waals surface area contributed by atoms with Gasteiger partial charge < -0.3 is 10.6 Å². The van der Waals surface area contributed by atoms with Crippen molar-refractivity contribution in [3.05, 3.63) is 34.9 Å². The number of piperidine rings is 1.